The number of carbonyl (C=O) groups is 3. The van der Waals surface area contributed by atoms with Crippen molar-refractivity contribution in [2.75, 3.05) is 20.3 Å². The number of aliphatic hydroxyl groups excluding tert-OH is 4. The lowest BCUT2D eigenvalue weighted by molar-refractivity contribution is -0.405. The van der Waals surface area contributed by atoms with Crippen LogP contribution in [0.15, 0.2) is 0 Å². The van der Waals surface area contributed by atoms with Gasteiger partial charge in [-0.1, -0.05) is 0 Å². The second-order valence-electron chi connectivity index (χ2n) is 7.74. The van der Waals surface area contributed by atoms with E-state index in [-0.39, 0.29) is 25.8 Å². The van der Waals surface area contributed by atoms with Crippen molar-refractivity contribution in [2.24, 2.45) is 0 Å². The third-order valence-electron chi connectivity index (χ3n) is 5.25. The van der Waals surface area contributed by atoms with Gasteiger partial charge < -0.3 is 51.4 Å². The second-order valence-corrected chi connectivity index (χ2v) is 7.74. The van der Waals surface area contributed by atoms with Gasteiger partial charge in [-0.05, 0) is 19.8 Å². The first-order chi connectivity index (χ1) is 15.2. The first-order valence-electron chi connectivity index (χ1n) is 10.2. The first kappa shape index (κ1) is 29.0. The molecule has 1 aliphatic rings. The Labute approximate surface area is 187 Å². The zero-order valence-electron chi connectivity index (χ0n) is 18.2. The summed E-state index contributed by atoms with van der Waals surface area (Å²) in [5, 5.41) is 52.6. The number of rotatable bonds is 11. The number of hydrogen-bond donors (Lipinski definition) is 8. The van der Waals surface area contributed by atoms with Gasteiger partial charge >= 0.3 is 11.9 Å². The molecule has 7 atom stereocenters. The van der Waals surface area contributed by atoms with Gasteiger partial charge in [-0.2, -0.15) is 8.78 Å². The number of aliphatic hydroxyl groups is 5. The first-order valence-corrected chi connectivity index (χ1v) is 10.2. The summed E-state index contributed by atoms with van der Waals surface area (Å²) in [7, 11) is 1.17. The fourth-order valence-corrected chi connectivity index (χ4v) is 3.10. The van der Waals surface area contributed by atoms with Crippen molar-refractivity contribution in [2.45, 2.75) is 74.4 Å². The van der Waals surface area contributed by atoms with E-state index in [1.54, 1.807) is 0 Å². The van der Waals surface area contributed by atoms with E-state index in [1.165, 1.54) is 14.0 Å². The van der Waals surface area contributed by atoms with Gasteiger partial charge in [0.1, 0.15) is 30.5 Å². The predicted molar refractivity (Wildman–Crippen MR) is 103 cm³/mol. The number of nitrogens with one attached hydrogen (secondary N) is 2. The number of unbranched alkanes of at least 4 members (excludes halogenated alkanes) is 1. The molecular formula is C18H32F2N3O10+. The number of alkyl halides is 2. The van der Waals surface area contributed by atoms with E-state index >= 15 is 0 Å². The zero-order valence-corrected chi connectivity index (χ0v) is 18.2. The summed E-state index contributed by atoms with van der Waals surface area (Å²) in [6, 6.07) is -1.63. The van der Waals surface area contributed by atoms with Gasteiger partial charge in [-0.25, -0.2) is 4.79 Å². The Morgan fingerprint density at radius 3 is 2.36 bits per heavy atom. The number of carbonyl (C=O) groups excluding carboxylic acids is 3. The molecule has 1 saturated heterocycles. The van der Waals surface area contributed by atoms with E-state index in [9.17, 15) is 43.6 Å². The molecule has 0 spiro atoms. The molecule has 0 radical (unpaired) electrons. The number of amides is 2. The average molecular weight is 488 g/mol. The summed E-state index contributed by atoms with van der Waals surface area (Å²) < 4.78 is 38.1. The topological polar surface area (TPSA) is 223 Å². The molecule has 33 heavy (non-hydrogen) atoms. The van der Waals surface area contributed by atoms with Crippen molar-refractivity contribution >= 4 is 17.8 Å². The van der Waals surface area contributed by atoms with E-state index in [0.29, 0.717) is 0 Å². The second kappa shape index (κ2) is 11.9. The lowest BCUT2D eigenvalue weighted by Gasteiger charge is -2.47. The van der Waals surface area contributed by atoms with Crippen molar-refractivity contribution in [3.05, 3.63) is 0 Å². The Bertz CT molecular complexity index is 698. The number of esters is 1. The maximum absolute atomic E-state index is 14.6. The molecule has 2 amide bonds. The molecular weight excluding hydrogens is 456 g/mol. The summed E-state index contributed by atoms with van der Waals surface area (Å²) in [6.45, 7) is 0.0424. The Balaban J connectivity index is 2.56. The monoisotopic (exact) mass is 488 g/mol. The highest BCUT2D eigenvalue weighted by Crippen LogP contribution is 2.39. The number of halogens is 2. The van der Waals surface area contributed by atoms with Crippen LogP contribution in [-0.2, 0) is 23.9 Å². The summed E-state index contributed by atoms with van der Waals surface area (Å²) in [6.07, 6.45) is -8.31. The molecule has 0 aromatic carbocycles. The molecule has 1 heterocycles. The standard InChI is InChI=1S/C18H31F2N3O10/c1-8(15(29)32-2)23-14(28)9(21)5-3-4-6-22-16(30)17(19,20)18(31)13(27)12(26)11(25)10(7-24)33-18/h8-13,24-27,31H,3-7,21H2,1-2H3,(H,22,30)(H,23,28)/p+1/t8-,9-,10+,11-,12-,13+,18+/m0/s1. The Morgan fingerprint density at radius 1 is 1.21 bits per heavy atom. The molecule has 0 aliphatic carbocycles. The van der Waals surface area contributed by atoms with Gasteiger partial charge in [0.2, 0.25) is 0 Å². The van der Waals surface area contributed by atoms with Gasteiger partial charge in [0.25, 0.3) is 17.6 Å². The van der Waals surface area contributed by atoms with E-state index < -0.39 is 72.6 Å². The maximum Gasteiger partial charge on any atom is 0.379 e. The van der Waals surface area contributed by atoms with Crippen LogP contribution in [0, 0.1) is 0 Å². The van der Waals surface area contributed by atoms with Gasteiger partial charge in [0.15, 0.2) is 6.04 Å². The van der Waals surface area contributed by atoms with Crippen molar-refractivity contribution in [3.63, 3.8) is 0 Å². The fourth-order valence-electron chi connectivity index (χ4n) is 3.10. The molecule has 1 aliphatic heterocycles. The Hall–Kier alpha value is -2.01. The van der Waals surface area contributed by atoms with Gasteiger partial charge in [0.05, 0.1) is 13.7 Å². The number of methoxy groups -OCH3 is 1. The molecule has 15 heteroatoms. The Kier molecular flexibility index (Phi) is 10.5. The van der Waals surface area contributed by atoms with Gasteiger partial charge in [0, 0.05) is 13.0 Å². The molecule has 0 unspecified atom stereocenters. The smallest absolute Gasteiger partial charge is 0.379 e. The molecule has 1 rings (SSSR count). The van der Waals surface area contributed by atoms with Crippen LogP contribution >= 0.6 is 0 Å². The van der Waals surface area contributed by atoms with Crippen molar-refractivity contribution in [1.82, 2.24) is 10.6 Å². The quantitative estimate of drug-likeness (QED) is 0.103. The summed E-state index contributed by atoms with van der Waals surface area (Å²) in [5.41, 5.74) is 3.64. The summed E-state index contributed by atoms with van der Waals surface area (Å²) >= 11 is 0. The lowest BCUT2D eigenvalue weighted by atomic mass is 9.88. The van der Waals surface area contributed by atoms with Crippen LogP contribution in [0.3, 0.4) is 0 Å². The third kappa shape index (κ3) is 6.53. The number of hydrogen-bond acceptors (Lipinski definition) is 10. The largest absolute Gasteiger partial charge is 0.467 e. The van der Waals surface area contributed by atoms with Crippen LogP contribution in [0.4, 0.5) is 8.78 Å². The van der Waals surface area contributed by atoms with Crippen LogP contribution in [0.1, 0.15) is 26.2 Å². The van der Waals surface area contributed by atoms with E-state index in [4.69, 9.17) is 5.11 Å². The van der Waals surface area contributed by atoms with Gasteiger partial charge in [-0.3, -0.25) is 9.59 Å². The molecule has 0 bridgehead atoms. The molecule has 0 aromatic rings. The van der Waals surface area contributed by atoms with E-state index in [0.717, 1.165) is 0 Å². The van der Waals surface area contributed by atoms with Gasteiger partial charge in [-0.15, -0.1) is 0 Å². The highest BCUT2D eigenvalue weighted by Gasteiger charge is 2.69. The van der Waals surface area contributed by atoms with Crippen LogP contribution in [0.25, 0.3) is 0 Å². The van der Waals surface area contributed by atoms with E-state index in [2.05, 4.69) is 20.5 Å². The predicted octanol–water partition coefficient (Wildman–Crippen LogP) is -4.64. The highest BCUT2D eigenvalue weighted by atomic mass is 19.3. The lowest BCUT2D eigenvalue weighted by Crippen LogP contribution is -2.73. The molecule has 1 fully saturated rings. The normalized spacial score (nSPS) is 29.6. The minimum Gasteiger partial charge on any atom is -0.467 e. The van der Waals surface area contributed by atoms with Crippen LogP contribution in [0.5, 0.6) is 0 Å². The van der Waals surface area contributed by atoms with Crippen LogP contribution in [0.2, 0.25) is 0 Å². The number of ether oxygens (including phenoxy) is 2. The molecule has 0 saturated carbocycles. The van der Waals surface area contributed by atoms with Crippen LogP contribution in [-0.4, -0.2) is 112 Å². The molecule has 0 aromatic heterocycles. The summed E-state index contributed by atoms with van der Waals surface area (Å²) in [5.74, 6) is -11.9. The fraction of sp³-hybridized carbons (Fsp3) is 0.833. The summed E-state index contributed by atoms with van der Waals surface area (Å²) in [4.78, 5) is 35.2. The minimum absolute atomic E-state index is 0.135. The number of quaternary nitrogens is 1. The SMILES string of the molecule is COC(=O)[C@H](C)NC(=O)[C@@H]([NH3+])CCCCNC(=O)C(F)(F)[C@]1(O)O[C@H](CO)[C@H](O)[C@H](O)[C@H]1O. The van der Waals surface area contributed by atoms with Crippen molar-refractivity contribution < 1.29 is 63.9 Å². The van der Waals surface area contributed by atoms with E-state index in [1.807, 2.05) is 5.32 Å². The van der Waals surface area contributed by atoms with Crippen LogP contribution < -0.4 is 16.4 Å². The van der Waals surface area contributed by atoms with Crippen molar-refractivity contribution in [1.29, 1.82) is 0 Å². The maximum atomic E-state index is 14.6. The molecule has 192 valence electrons. The average Bonchev–Trinajstić information content (AvgIpc) is 2.78. The highest BCUT2D eigenvalue weighted by molar-refractivity contribution is 5.86. The van der Waals surface area contributed by atoms with Crippen molar-refractivity contribution in [3.8, 4) is 0 Å². The minimum atomic E-state index is -4.76. The Morgan fingerprint density at radius 2 is 1.82 bits per heavy atom. The molecule has 13 nitrogen and oxygen atoms in total. The third-order valence-corrected chi connectivity index (χ3v) is 5.25. The molecule has 10 N–H and O–H groups in total. The zero-order chi connectivity index (χ0) is 25.6.